The van der Waals surface area contributed by atoms with Crippen LogP contribution in [-0.2, 0) is 0 Å². The molecule has 0 atom stereocenters. The van der Waals surface area contributed by atoms with Gasteiger partial charge in [0.1, 0.15) is 18.7 Å². The van der Waals surface area contributed by atoms with E-state index in [0.717, 1.165) is 4.90 Å². The molecule has 0 saturated heterocycles. The van der Waals surface area contributed by atoms with Crippen LogP contribution in [0.2, 0.25) is 0 Å². The average molecular weight is 286 g/mol. The van der Waals surface area contributed by atoms with Gasteiger partial charge in [-0.25, -0.2) is 9.97 Å². The predicted molar refractivity (Wildman–Crippen MR) is 69.3 cm³/mol. The Morgan fingerprint density at radius 1 is 1.25 bits per heavy atom. The maximum absolute atomic E-state index is 12.6. The number of nitrogens with two attached hydrogens (primary N) is 1. The lowest BCUT2D eigenvalue weighted by molar-refractivity contribution is -0.119. The van der Waals surface area contributed by atoms with Crippen LogP contribution in [0, 0.1) is 0 Å². The number of hydrogen-bond donors (Lipinski definition) is 2. The zero-order valence-electron chi connectivity index (χ0n) is 10.4. The maximum atomic E-state index is 12.6. The topological polar surface area (TPSA) is 75.3 Å². The van der Waals surface area contributed by atoms with Gasteiger partial charge in [0.15, 0.2) is 0 Å². The zero-order valence-corrected chi connectivity index (χ0v) is 10.4. The summed E-state index contributed by atoms with van der Waals surface area (Å²) in [5, 5.41) is 9.37. The van der Waals surface area contributed by atoms with Gasteiger partial charge in [-0.15, -0.1) is 0 Å². The Hall–Kier alpha value is -2.09. The SMILES string of the molecule is Nc1ccc2ncnc(N(CCO)CC(F)(F)F)c2c1. The normalized spacial score (nSPS) is 11.8. The molecule has 108 valence electrons. The van der Waals surface area contributed by atoms with Gasteiger partial charge in [0.25, 0.3) is 0 Å². The van der Waals surface area contributed by atoms with Crippen molar-refractivity contribution in [3.05, 3.63) is 24.5 Å². The molecule has 2 rings (SSSR count). The standard InChI is InChI=1S/C12H13F3N4O/c13-12(14,15)6-19(3-4-20)11-9-5-8(16)1-2-10(9)17-7-18-11/h1-2,5,7,20H,3-4,6,16H2. The Bertz CT molecular complexity index is 603. The summed E-state index contributed by atoms with van der Waals surface area (Å²) in [6.07, 6.45) is -3.21. The molecule has 8 heteroatoms. The molecule has 0 aliphatic carbocycles. The van der Waals surface area contributed by atoms with E-state index in [9.17, 15) is 13.2 Å². The number of aromatic nitrogens is 2. The van der Waals surface area contributed by atoms with Gasteiger partial charge < -0.3 is 15.7 Å². The number of nitrogens with zero attached hydrogens (tertiary/aromatic N) is 3. The number of nitrogen functional groups attached to an aromatic ring is 1. The molecule has 2 aromatic rings. The number of fused-ring (bicyclic) bond motifs is 1. The first-order valence-electron chi connectivity index (χ1n) is 5.83. The van der Waals surface area contributed by atoms with Gasteiger partial charge in [0.05, 0.1) is 12.1 Å². The second-order valence-electron chi connectivity index (χ2n) is 4.23. The van der Waals surface area contributed by atoms with E-state index in [0.29, 0.717) is 16.6 Å². The van der Waals surface area contributed by atoms with Crippen LogP contribution in [-0.4, -0.2) is 40.9 Å². The highest BCUT2D eigenvalue weighted by molar-refractivity contribution is 5.91. The Morgan fingerprint density at radius 2 is 2.00 bits per heavy atom. The van der Waals surface area contributed by atoms with Gasteiger partial charge in [-0.1, -0.05) is 0 Å². The van der Waals surface area contributed by atoms with Crippen LogP contribution in [0.5, 0.6) is 0 Å². The number of benzene rings is 1. The first-order valence-corrected chi connectivity index (χ1v) is 5.83. The van der Waals surface area contributed by atoms with Gasteiger partial charge in [0, 0.05) is 17.6 Å². The highest BCUT2D eigenvalue weighted by atomic mass is 19.4. The maximum Gasteiger partial charge on any atom is 0.405 e. The molecule has 1 aromatic carbocycles. The number of aliphatic hydroxyl groups excluding tert-OH is 1. The third kappa shape index (κ3) is 3.27. The summed E-state index contributed by atoms with van der Waals surface area (Å²) >= 11 is 0. The highest BCUT2D eigenvalue weighted by Crippen LogP contribution is 2.27. The van der Waals surface area contributed by atoms with E-state index in [1.54, 1.807) is 12.1 Å². The summed E-state index contributed by atoms with van der Waals surface area (Å²) in [7, 11) is 0. The van der Waals surface area contributed by atoms with E-state index < -0.39 is 19.3 Å². The minimum absolute atomic E-state index is 0.105. The van der Waals surface area contributed by atoms with Crippen molar-refractivity contribution in [3.8, 4) is 0 Å². The van der Waals surface area contributed by atoms with Gasteiger partial charge in [0.2, 0.25) is 0 Å². The molecule has 1 aromatic heterocycles. The van der Waals surface area contributed by atoms with E-state index in [-0.39, 0.29) is 12.4 Å². The van der Waals surface area contributed by atoms with Gasteiger partial charge >= 0.3 is 6.18 Å². The number of hydrogen-bond acceptors (Lipinski definition) is 5. The Labute approximate surface area is 112 Å². The van der Waals surface area contributed by atoms with Crippen molar-refractivity contribution in [2.75, 3.05) is 30.3 Å². The quantitative estimate of drug-likeness (QED) is 0.834. The first-order chi connectivity index (χ1) is 9.40. The molecule has 0 amide bonds. The molecule has 0 aliphatic rings. The first kappa shape index (κ1) is 14.3. The molecule has 0 aliphatic heterocycles. The smallest absolute Gasteiger partial charge is 0.399 e. The molecule has 0 fully saturated rings. The van der Waals surface area contributed by atoms with Crippen molar-refractivity contribution in [2.24, 2.45) is 0 Å². The minimum atomic E-state index is -4.40. The van der Waals surface area contributed by atoms with Crippen LogP contribution < -0.4 is 10.6 Å². The fraction of sp³-hybridized carbons (Fsp3) is 0.333. The predicted octanol–water partition coefficient (Wildman–Crippen LogP) is 1.57. The molecule has 0 saturated carbocycles. The van der Waals surface area contributed by atoms with Crippen molar-refractivity contribution < 1.29 is 18.3 Å². The van der Waals surface area contributed by atoms with Crippen LogP contribution >= 0.6 is 0 Å². The molecule has 5 nitrogen and oxygen atoms in total. The lowest BCUT2D eigenvalue weighted by Gasteiger charge is -2.25. The van der Waals surface area contributed by atoms with Gasteiger partial charge in [-0.2, -0.15) is 13.2 Å². The molecule has 3 N–H and O–H groups in total. The summed E-state index contributed by atoms with van der Waals surface area (Å²) < 4.78 is 37.8. The zero-order chi connectivity index (χ0) is 14.8. The third-order valence-corrected chi connectivity index (χ3v) is 2.68. The summed E-state index contributed by atoms with van der Waals surface area (Å²) in [6, 6.07) is 4.74. The van der Waals surface area contributed by atoms with E-state index >= 15 is 0 Å². The Morgan fingerprint density at radius 3 is 2.65 bits per heavy atom. The van der Waals surface area contributed by atoms with Crippen LogP contribution in [0.25, 0.3) is 10.9 Å². The molecule has 0 bridgehead atoms. The van der Waals surface area contributed by atoms with E-state index in [2.05, 4.69) is 9.97 Å². The van der Waals surface area contributed by atoms with Crippen LogP contribution in [0.4, 0.5) is 24.7 Å². The van der Waals surface area contributed by atoms with E-state index in [1.165, 1.54) is 12.4 Å². The lowest BCUT2D eigenvalue weighted by atomic mass is 10.2. The fourth-order valence-electron chi connectivity index (χ4n) is 1.91. The number of anilines is 2. The monoisotopic (exact) mass is 286 g/mol. The number of rotatable bonds is 4. The summed E-state index contributed by atoms with van der Waals surface area (Å²) in [5.41, 5.74) is 6.55. The van der Waals surface area contributed by atoms with Crippen LogP contribution in [0.3, 0.4) is 0 Å². The molecule has 0 radical (unpaired) electrons. The summed E-state index contributed by atoms with van der Waals surface area (Å²) in [4.78, 5) is 8.85. The van der Waals surface area contributed by atoms with Crippen molar-refractivity contribution >= 4 is 22.4 Å². The van der Waals surface area contributed by atoms with E-state index in [4.69, 9.17) is 10.8 Å². The second-order valence-corrected chi connectivity index (χ2v) is 4.23. The molecular weight excluding hydrogens is 273 g/mol. The highest BCUT2D eigenvalue weighted by Gasteiger charge is 2.31. The second kappa shape index (κ2) is 5.49. The fourth-order valence-corrected chi connectivity index (χ4v) is 1.91. The van der Waals surface area contributed by atoms with Crippen molar-refractivity contribution in [2.45, 2.75) is 6.18 Å². The average Bonchev–Trinajstić information content (AvgIpc) is 2.36. The number of halogens is 3. The summed E-state index contributed by atoms with van der Waals surface area (Å²) in [5.74, 6) is 0.105. The van der Waals surface area contributed by atoms with E-state index in [1.807, 2.05) is 0 Å². The lowest BCUT2D eigenvalue weighted by Crippen LogP contribution is -2.37. The summed E-state index contributed by atoms with van der Waals surface area (Å²) in [6.45, 7) is -1.79. The molecule has 20 heavy (non-hydrogen) atoms. The molecular formula is C12H13F3N4O. The minimum Gasteiger partial charge on any atom is -0.399 e. The number of alkyl halides is 3. The van der Waals surface area contributed by atoms with Gasteiger partial charge in [-0.05, 0) is 18.2 Å². The van der Waals surface area contributed by atoms with Crippen LogP contribution in [0.15, 0.2) is 24.5 Å². The Kier molecular flexibility index (Phi) is 3.93. The van der Waals surface area contributed by atoms with Crippen molar-refractivity contribution in [1.82, 2.24) is 9.97 Å². The van der Waals surface area contributed by atoms with Crippen LogP contribution in [0.1, 0.15) is 0 Å². The largest absolute Gasteiger partial charge is 0.405 e. The van der Waals surface area contributed by atoms with Crippen molar-refractivity contribution in [3.63, 3.8) is 0 Å². The Balaban J connectivity index is 2.49. The third-order valence-electron chi connectivity index (χ3n) is 2.68. The molecule has 0 unspecified atom stereocenters. The van der Waals surface area contributed by atoms with Crippen molar-refractivity contribution in [1.29, 1.82) is 0 Å². The molecule has 1 heterocycles. The number of aliphatic hydroxyl groups is 1. The van der Waals surface area contributed by atoms with Gasteiger partial charge in [-0.3, -0.25) is 0 Å². The molecule has 0 spiro atoms.